The van der Waals surface area contributed by atoms with Crippen LogP contribution in [0.1, 0.15) is 19.3 Å². The van der Waals surface area contributed by atoms with Crippen molar-refractivity contribution in [2.24, 2.45) is 11.7 Å². The van der Waals surface area contributed by atoms with Crippen LogP contribution in [0.2, 0.25) is 0 Å². The summed E-state index contributed by atoms with van der Waals surface area (Å²) >= 11 is 3.17. The first-order chi connectivity index (χ1) is 9.56. The summed E-state index contributed by atoms with van der Waals surface area (Å²) in [4.78, 5) is 11.6. The van der Waals surface area contributed by atoms with Gasteiger partial charge in [0, 0.05) is 17.1 Å². The summed E-state index contributed by atoms with van der Waals surface area (Å²) in [6.45, 7) is 0.638. The smallest absolute Gasteiger partial charge is 0.223 e. The zero-order valence-electron chi connectivity index (χ0n) is 11.5. The van der Waals surface area contributed by atoms with Crippen LogP contribution < -0.4 is 15.8 Å². The number of rotatable bonds is 7. The van der Waals surface area contributed by atoms with E-state index < -0.39 is 5.82 Å². The number of nitrogens with two attached hydrogens (primary N) is 1. The molecule has 4 nitrogen and oxygen atoms in total. The van der Waals surface area contributed by atoms with Gasteiger partial charge in [-0.25, -0.2) is 4.39 Å². The Bertz CT molecular complexity index is 486. The highest BCUT2D eigenvalue weighted by atomic mass is 79.9. The monoisotopic (exact) mass is 380 g/mol. The first-order valence-electron chi connectivity index (χ1n) is 6.66. The maximum absolute atomic E-state index is 13.5. The van der Waals surface area contributed by atoms with Gasteiger partial charge in [-0.1, -0.05) is 15.9 Å². The standard InChI is InChI=1S/C14H18BrFN2O2.ClH/c15-10-3-4-13(11(16)7-10)20-6-5-14(19)18-8-12(17)9-1-2-9;/h3-4,7,9,12H,1-2,5-6,8,17H2,(H,18,19);1H. The third-order valence-corrected chi connectivity index (χ3v) is 3.74. The molecule has 0 spiro atoms. The lowest BCUT2D eigenvalue weighted by Gasteiger charge is -2.12. The van der Waals surface area contributed by atoms with Gasteiger partial charge in [-0.3, -0.25) is 4.79 Å². The molecule has 0 bridgehead atoms. The Kier molecular flexibility index (Phi) is 7.42. The van der Waals surface area contributed by atoms with Crippen molar-refractivity contribution in [1.29, 1.82) is 0 Å². The summed E-state index contributed by atoms with van der Waals surface area (Å²) in [5.41, 5.74) is 5.88. The molecule has 0 radical (unpaired) electrons. The number of carbonyl (C=O) groups excluding carboxylic acids is 1. The first-order valence-corrected chi connectivity index (χ1v) is 7.45. The molecule has 0 heterocycles. The van der Waals surface area contributed by atoms with Crippen molar-refractivity contribution in [3.8, 4) is 5.75 Å². The quantitative estimate of drug-likeness (QED) is 0.763. The predicted molar refractivity (Wildman–Crippen MR) is 85.2 cm³/mol. The van der Waals surface area contributed by atoms with Crippen molar-refractivity contribution in [3.05, 3.63) is 28.5 Å². The Morgan fingerprint density at radius 2 is 2.24 bits per heavy atom. The Balaban J connectivity index is 0.00000220. The Labute approximate surface area is 138 Å². The lowest BCUT2D eigenvalue weighted by molar-refractivity contribution is -0.121. The third-order valence-electron chi connectivity index (χ3n) is 3.24. The van der Waals surface area contributed by atoms with E-state index >= 15 is 0 Å². The minimum absolute atomic E-state index is 0. The Morgan fingerprint density at radius 3 is 2.86 bits per heavy atom. The molecule has 1 amide bonds. The summed E-state index contributed by atoms with van der Waals surface area (Å²) in [7, 11) is 0. The average molecular weight is 382 g/mol. The zero-order valence-corrected chi connectivity index (χ0v) is 13.9. The second-order valence-electron chi connectivity index (χ2n) is 4.98. The van der Waals surface area contributed by atoms with Crippen LogP contribution in [0.3, 0.4) is 0 Å². The lowest BCUT2D eigenvalue weighted by Crippen LogP contribution is -2.38. The Hall–Kier alpha value is -0.850. The molecule has 118 valence electrons. The molecule has 1 unspecified atom stereocenters. The fourth-order valence-corrected chi connectivity index (χ4v) is 2.19. The lowest BCUT2D eigenvalue weighted by atomic mass is 10.2. The molecular weight excluding hydrogens is 363 g/mol. The van der Waals surface area contributed by atoms with Crippen molar-refractivity contribution in [3.63, 3.8) is 0 Å². The molecule has 1 saturated carbocycles. The molecule has 1 atom stereocenters. The normalized spacial score (nSPS) is 15.0. The maximum atomic E-state index is 13.5. The number of hydrogen-bond donors (Lipinski definition) is 2. The molecule has 1 aliphatic rings. The van der Waals surface area contributed by atoms with Crippen molar-refractivity contribution in [2.75, 3.05) is 13.2 Å². The van der Waals surface area contributed by atoms with E-state index in [9.17, 15) is 9.18 Å². The average Bonchev–Trinajstić information content (AvgIpc) is 3.23. The SMILES string of the molecule is Cl.NC(CNC(=O)CCOc1ccc(Br)cc1F)C1CC1. The molecule has 7 heteroatoms. The predicted octanol–water partition coefficient (Wildman–Crippen LogP) is 2.63. The summed E-state index contributed by atoms with van der Waals surface area (Å²) in [6.07, 6.45) is 2.50. The number of nitrogens with one attached hydrogen (secondary N) is 1. The number of benzene rings is 1. The van der Waals surface area contributed by atoms with Crippen LogP contribution in [-0.4, -0.2) is 25.1 Å². The maximum Gasteiger partial charge on any atom is 0.223 e. The van der Waals surface area contributed by atoms with Crippen molar-refractivity contribution in [2.45, 2.75) is 25.3 Å². The fraction of sp³-hybridized carbons (Fsp3) is 0.500. The van der Waals surface area contributed by atoms with Crippen molar-refractivity contribution in [1.82, 2.24) is 5.32 Å². The van der Waals surface area contributed by atoms with E-state index in [1.54, 1.807) is 6.07 Å². The minimum Gasteiger partial charge on any atom is -0.490 e. The van der Waals surface area contributed by atoms with E-state index in [-0.39, 0.29) is 43.1 Å². The van der Waals surface area contributed by atoms with Crippen LogP contribution in [0, 0.1) is 11.7 Å². The summed E-state index contributed by atoms with van der Waals surface area (Å²) < 4.78 is 19.3. The second-order valence-corrected chi connectivity index (χ2v) is 5.89. The molecule has 0 aliphatic heterocycles. The fourth-order valence-electron chi connectivity index (χ4n) is 1.86. The van der Waals surface area contributed by atoms with Gasteiger partial charge in [-0.2, -0.15) is 0 Å². The highest BCUT2D eigenvalue weighted by Gasteiger charge is 2.28. The van der Waals surface area contributed by atoms with Crippen LogP contribution in [0.25, 0.3) is 0 Å². The van der Waals surface area contributed by atoms with E-state index in [4.69, 9.17) is 10.5 Å². The van der Waals surface area contributed by atoms with Gasteiger partial charge in [0.15, 0.2) is 11.6 Å². The molecule has 0 saturated heterocycles. The van der Waals surface area contributed by atoms with E-state index in [1.165, 1.54) is 12.1 Å². The van der Waals surface area contributed by atoms with Gasteiger partial charge < -0.3 is 15.8 Å². The van der Waals surface area contributed by atoms with Gasteiger partial charge in [0.2, 0.25) is 5.91 Å². The first kappa shape index (κ1) is 18.2. The van der Waals surface area contributed by atoms with Gasteiger partial charge in [0.1, 0.15) is 0 Å². The molecule has 1 aromatic carbocycles. The number of halogens is 3. The van der Waals surface area contributed by atoms with E-state index in [0.29, 0.717) is 16.9 Å². The van der Waals surface area contributed by atoms with Crippen LogP contribution in [0.15, 0.2) is 22.7 Å². The van der Waals surface area contributed by atoms with Gasteiger partial charge in [-0.05, 0) is 37.0 Å². The van der Waals surface area contributed by atoms with Crippen LogP contribution in [0.5, 0.6) is 5.75 Å². The largest absolute Gasteiger partial charge is 0.490 e. The summed E-state index contributed by atoms with van der Waals surface area (Å²) in [5.74, 6) is 0.133. The second kappa shape index (κ2) is 8.56. The van der Waals surface area contributed by atoms with E-state index in [0.717, 1.165) is 12.8 Å². The van der Waals surface area contributed by atoms with Crippen LogP contribution >= 0.6 is 28.3 Å². The van der Waals surface area contributed by atoms with E-state index in [1.807, 2.05) is 0 Å². The highest BCUT2D eigenvalue weighted by Crippen LogP contribution is 2.31. The number of carbonyl (C=O) groups is 1. The number of hydrogen-bond acceptors (Lipinski definition) is 3. The van der Waals surface area contributed by atoms with E-state index in [2.05, 4.69) is 21.2 Å². The molecule has 1 fully saturated rings. The molecular formula is C14H19BrClFN2O2. The van der Waals surface area contributed by atoms with Gasteiger partial charge in [-0.15, -0.1) is 12.4 Å². The Morgan fingerprint density at radius 1 is 1.52 bits per heavy atom. The minimum atomic E-state index is -0.449. The topological polar surface area (TPSA) is 64.3 Å². The van der Waals surface area contributed by atoms with Crippen LogP contribution in [-0.2, 0) is 4.79 Å². The molecule has 2 rings (SSSR count). The van der Waals surface area contributed by atoms with Gasteiger partial charge in [0.25, 0.3) is 0 Å². The van der Waals surface area contributed by atoms with Crippen molar-refractivity contribution >= 4 is 34.2 Å². The van der Waals surface area contributed by atoms with Crippen LogP contribution in [0.4, 0.5) is 4.39 Å². The summed E-state index contributed by atoms with van der Waals surface area (Å²) in [6, 6.07) is 4.58. The summed E-state index contributed by atoms with van der Waals surface area (Å²) in [5, 5.41) is 2.77. The highest BCUT2D eigenvalue weighted by molar-refractivity contribution is 9.10. The molecule has 0 aromatic heterocycles. The molecule has 3 N–H and O–H groups in total. The zero-order chi connectivity index (χ0) is 14.5. The number of amides is 1. The van der Waals surface area contributed by atoms with Gasteiger partial charge >= 0.3 is 0 Å². The number of ether oxygens (including phenoxy) is 1. The molecule has 1 aliphatic carbocycles. The van der Waals surface area contributed by atoms with Crippen molar-refractivity contribution < 1.29 is 13.9 Å². The molecule has 21 heavy (non-hydrogen) atoms. The molecule has 1 aromatic rings. The van der Waals surface area contributed by atoms with Gasteiger partial charge in [0.05, 0.1) is 13.0 Å². The third kappa shape index (κ3) is 6.20.